The van der Waals surface area contributed by atoms with Gasteiger partial charge in [-0.25, -0.2) is 4.79 Å². The zero-order chi connectivity index (χ0) is 12.7. The first-order chi connectivity index (χ1) is 8.66. The van der Waals surface area contributed by atoms with E-state index in [0.717, 1.165) is 16.3 Å². The van der Waals surface area contributed by atoms with Crippen LogP contribution in [0.4, 0.5) is 0 Å². The normalized spacial score (nSPS) is 11.5. The SMILES string of the molecule is CC(C)c1cc(=O)oc2ccc3ccccc3c12. The van der Waals surface area contributed by atoms with E-state index in [1.807, 2.05) is 24.3 Å². The van der Waals surface area contributed by atoms with Crippen LogP contribution in [0.2, 0.25) is 0 Å². The quantitative estimate of drug-likeness (QED) is 0.472. The fourth-order valence-electron chi connectivity index (χ4n) is 2.43. The van der Waals surface area contributed by atoms with Crippen LogP contribution in [0.25, 0.3) is 21.7 Å². The van der Waals surface area contributed by atoms with Gasteiger partial charge in [0.05, 0.1) is 0 Å². The molecule has 2 nitrogen and oxygen atoms in total. The van der Waals surface area contributed by atoms with Crippen molar-refractivity contribution in [1.29, 1.82) is 0 Å². The third-order valence-corrected chi connectivity index (χ3v) is 3.29. The van der Waals surface area contributed by atoms with Crippen molar-refractivity contribution in [2.75, 3.05) is 0 Å². The number of hydrogen-bond donors (Lipinski definition) is 0. The van der Waals surface area contributed by atoms with Crippen molar-refractivity contribution in [2.45, 2.75) is 19.8 Å². The molecule has 0 aliphatic rings. The molecule has 0 aliphatic heterocycles. The summed E-state index contributed by atoms with van der Waals surface area (Å²) in [6.07, 6.45) is 0. The Labute approximate surface area is 105 Å². The lowest BCUT2D eigenvalue weighted by atomic mass is 9.95. The fourth-order valence-corrected chi connectivity index (χ4v) is 2.43. The highest BCUT2D eigenvalue weighted by Crippen LogP contribution is 2.30. The van der Waals surface area contributed by atoms with Crippen LogP contribution >= 0.6 is 0 Å². The molecule has 2 aromatic carbocycles. The Morgan fingerprint density at radius 1 is 1.06 bits per heavy atom. The lowest BCUT2D eigenvalue weighted by Gasteiger charge is -2.10. The van der Waals surface area contributed by atoms with Crippen LogP contribution in [0.15, 0.2) is 51.7 Å². The van der Waals surface area contributed by atoms with E-state index in [4.69, 9.17) is 4.42 Å². The average molecular weight is 238 g/mol. The maximum absolute atomic E-state index is 11.6. The summed E-state index contributed by atoms with van der Waals surface area (Å²) < 4.78 is 5.31. The summed E-state index contributed by atoms with van der Waals surface area (Å²) in [6, 6.07) is 13.7. The van der Waals surface area contributed by atoms with Crippen molar-refractivity contribution in [3.8, 4) is 0 Å². The first-order valence-corrected chi connectivity index (χ1v) is 6.12. The first-order valence-electron chi connectivity index (χ1n) is 6.12. The predicted molar refractivity (Wildman–Crippen MR) is 74.1 cm³/mol. The minimum Gasteiger partial charge on any atom is -0.423 e. The van der Waals surface area contributed by atoms with Crippen molar-refractivity contribution >= 4 is 21.7 Å². The van der Waals surface area contributed by atoms with Gasteiger partial charge in [0.15, 0.2) is 0 Å². The molecule has 3 rings (SSSR count). The summed E-state index contributed by atoms with van der Waals surface area (Å²) in [7, 11) is 0. The zero-order valence-electron chi connectivity index (χ0n) is 10.4. The lowest BCUT2D eigenvalue weighted by Crippen LogP contribution is -2.02. The maximum atomic E-state index is 11.6. The molecule has 1 aromatic heterocycles. The van der Waals surface area contributed by atoms with E-state index in [1.165, 1.54) is 5.39 Å². The Hall–Kier alpha value is -2.09. The standard InChI is InChI=1S/C16H14O2/c1-10(2)13-9-15(17)18-14-8-7-11-5-3-4-6-12(11)16(13)14/h3-10H,1-2H3. The third kappa shape index (κ3) is 1.61. The smallest absolute Gasteiger partial charge is 0.336 e. The van der Waals surface area contributed by atoms with Gasteiger partial charge in [0.2, 0.25) is 0 Å². The van der Waals surface area contributed by atoms with Crippen LogP contribution in [0.3, 0.4) is 0 Å². The van der Waals surface area contributed by atoms with E-state index in [9.17, 15) is 4.79 Å². The van der Waals surface area contributed by atoms with Crippen LogP contribution in [0.1, 0.15) is 25.3 Å². The summed E-state index contributed by atoms with van der Waals surface area (Å²) in [4.78, 5) is 11.6. The first kappa shape index (κ1) is 11.0. The van der Waals surface area contributed by atoms with Crippen LogP contribution in [-0.4, -0.2) is 0 Å². The molecule has 90 valence electrons. The molecule has 0 amide bonds. The average Bonchev–Trinajstić information content (AvgIpc) is 2.37. The number of hydrogen-bond acceptors (Lipinski definition) is 2. The second-order valence-corrected chi connectivity index (χ2v) is 4.84. The molecule has 0 atom stereocenters. The minimum atomic E-state index is -0.276. The molecule has 3 aromatic rings. The lowest BCUT2D eigenvalue weighted by molar-refractivity contribution is 0.558. The molecule has 1 heterocycles. The molecule has 18 heavy (non-hydrogen) atoms. The molecule has 0 saturated carbocycles. The van der Waals surface area contributed by atoms with E-state index in [2.05, 4.69) is 26.0 Å². The molecule has 0 saturated heterocycles. The van der Waals surface area contributed by atoms with Crippen LogP contribution in [0.5, 0.6) is 0 Å². The van der Waals surface area contributed by atoms with Gasteiger partial charge in [0, 0.05) is 11.5 Å². The molecule has 0 aliphatic carbocycles. The summed E-state index contributed by atoms with van der Waals surface area (Å²) in [5.41, 5.74) is 1.45. The largest absolute Gasteiger partial charge is 0.423 e. The Kier molecular flexibility index (Phi) is 2.44. The Bertz CT molecular complexity index is 782. The van der Waals surface area contributed by atoms with Gasteiger partial charge in [-0.1, -0.05) is 44.2 Å². The zero-order valence-corrected chi connectivity index (χ0v) is 10.4. The Morgan fingerprint density at radius 3 is 2.61 bits per heavy atom. The van der Waals surface area contributed by atoms with Gasteiger partial charge >= 0.3 is 5.63 Å². The van der Waals surface area contributed by atoms with E-state index < -0.39 is 0 Å². The molecule has 0 radical (unpaired) electrons. The van der Waals surface area contributed by atoms with Gasteiger partial charge in [-0.05, 0) is 28.3 Å². The highest BCUT2D eigenvalue weighted by molar-refractivity contribution is 6.07. The summed E-state index contributed by atoms with van der Waals surface area (Å²) in [5.74, 6) is 0.294. The second kappa shape index (κ2) is 3.98. The molecule has 0 bridgehead atoms. The predicted octanol–water partition coefficient (Wildman–Crippen LogP) is 4.07. The van der Waals surface area contributed by atoms with Crippen LogP contribution in [-0.2, 0) is 0 Å². The van der Waals surface area contributed by atoms with Gasteiger partial charge in [-0.3, -0.25) is 0 Å². The molecule has 0 spiro atoms. The highest BCUT2D eigenvalue weighted by Gasteiger charge is 2.11. The van der Waals surface area contributed by atoms with Crippen LogP contribution < -0.4 is 5.63 Å². The molecule has 0 fully saturated rings. The van der Waals surface area contributed by atoms with Crippen molar-refractivity contribution in [2.24, 2.45) is 0 Å². The maximum Gasteiger partial charge on any atom is 0.336 e. The number of rotatable bonds is 1. The summed E-state index contributed by atoms with van der Waals surface area (Å²) >= 11 is 0. The Morgan fingerprint density at radius 2 is 1.83 bits per heavy atom. The van der Waals surface area contributed by atoms with Gasteiger partial charge in [0.25, 0.3) is 0 Å². The molecular formula is C16H14O2. The van der Waals surface area contributed by atoms with E-state index >= 15 is 0 Å². The van der Waals surface area contributed by atoms with Gasteiger partial charge < -0.3 is 4.42 Å². The van der Waals surface area contributed by atoms with Crippen molar-refractivity contribution in [3.05, 3.63) is 58.4 Å². The second-order valence-electron chi connectivity index (χ2n) is 4.84. The highest BCUT2D eigenvalue weighted by atomic mass is 16.4. The van der Waals surface area contributed by atoms with E-state index in [1.54, 1.807) is 6.07 Å². The van der Waals surface area contributed by atoms with Crippen molar-refractivity contribution in [3.63, 3.8) is 0 Å². The number of benzene rings is 2. The molecule has 0 N–H and O–H groups in total. The van der Waals surface area contributed by atoms with Gasteiger partial charge in [-0.2, -0.15) is 0 Å². The monoisotopic (exact) mass is 238 g/mol. The van der Waals surface area contributed by atoms with Crippen molar-refractivity contribution < 1.29 is 4.42 Å². The van der Waals surface area contributed by atoms with E-state index in [-0.39, 0.29) is 5.63 Å². The molecular weight excluding hydrogens is 224 g/mol. The summed E-state index contributed by atoms with van der Waals surface area (Å²) in [6.45, 7) is 4.19. The third-order valence-electron chi connectivity index (χ3n) is 3.29. The van der Waals surface area contributed by atoms with Gasteiger partial charge in [0.1, 0.15) is 5.58 Å². The van der Waals surface area contributed by atoms with Gasteiger partial charge in [-0.15, -0.1) is 0 Å². The molecule has 0 unspecified atom stereocenters. The fraction of sp³-hybridized carbons (Fsp3) is 0.188. The Balaban J connectivity index is 2.59. The topological polar surface area (TPSA) is 30.2 Å². The van der Waals surface area contributed by atoms with Crippen molar-refractivity contribution in [1.82, 2.24) is 0 Å². The number of fused-ring (bicyclic) bond motifs is 3. The minimum absolute atomic E-state index is 0.276. The summed E-state index contributed by atoms with van der Waals surface area (Å²) in [5, 5.41) is 3.37. The van der Waals surface area contributed by atoms with E-state index in [0.29, 0.717) is 11.5 Å². The van der Waals surface area contributed by atoms with Crippen LogP contribution in [0, 0.1) is 0 Å². The molecule has 2 heteroatoms.